The molecular weight excluding hydrogens is 370 g/mol. The molecule has 0 unspecified atom stereocenters. The fourth-order valence-electron chi connectivity index (χ4n) is 3.49. The maximum atomic E-state index is 5.43. The molecule has 0 saturated carbocycles. The van der Waals surface area contributed by atoms with Crippen molar-refractivity contribution in [3.63, 3.8) is 0 Å². The van der Waals surface area contributed by atoms with E-state index in [9.17, 15) is 0 Å². The standard InChI is InChI=1S/C21H19N5OS/c1-13-4-7-19-22-15(11-25(19)10-13)12-28-21-24-23-20-8-14(2)17-6-5-16(27-3)9-18(17)26(20)21/h4-11H,12H2,1-3H3. The fourth-order valence-corrected chi connectivity index (χ4v) is 4.32. The van der Waals surface area contributed by atoms with Crippen molar-refractivity contribution in [1.82, 2.24) is 24.0 Å². The Labute approximate surface area is 166 Å². The van der Waals surface area contributed by atoms with Crippen LogP contribution >= 0.6 is 11.8 Å². The van der Waals surface area contributed by atoms with Crippen molar-refractivity contribution in [1.29, 1.82) is 0 Å². The van der Waals surface area contributed by atoms with E-state index >= 15 is 0 Å². The summed E-state index contributed by atoms with van der Waals surface area (Å²) < 4.78 is 9.59. The summed E-state index contributed by atoms with van der Waals surface area (Å²) in [5.74, 6) is 1.54. The van der Waals surface area contributed by atoms with Gasteiger partial charge in [-0.2, -0.15) is 0 Å². The van der Waals surface area contributed by atoms with Gasteiger partial charge in [-0.25, -0.2) is 4.98 Å². The summed E-state index contributed by atoms with van der Waals surface area (Å²) in [6, 6.07) is 12.3. The van der Waals surface area contributed by atoms with Crippen molar-refractivity contribution in [3.8, 4) is 5.75 Å². The Balaban J connectivity index is 1.55. The van der Waals surface area contributed by atoms with Crippen LogP contribution in [-0.2, 0) is 5.75 Å². The molecule has 5 aromatic rings. The molecular formula is C21H19N5OS. The highest BCUT2D eigenvalue weighted by molar-refractivity contribution is 7.98. The molecule has 0 atom stereocenters. The number of nitrogens with zero attached hydrogens (tertiary/aromatic N) is 5. The Morgan fingerprint density at radius 2 is 1.89 bits per heavy atom. The van der Waals surface area contributed by atoms with E-state index in [4.69, 9.17) is 9.72 Å². The molecule has 6 nitrogen and oxygen atoms in total. The van der Waals surface area contributed by atoms with E-state index in [1.54, 1.807) is 18.9 Å². The molecule has 1 aromatic carbocycles. The number of rotatable bonds is 4. The van der Waals surface area contributed by atoms with Crippen molar-refractivity contribution in [2.75, 3.05) is 7.11 Å². The second-order valence-corrected chi connectivity index (χ2v) is 7.82. The van der Waals surface area contributed by atoms with Crippen LogP contribution in [0.2, 0.25) is 0 Å². The smallest absolute Gasteiger partial charge is 0.196 e. The molecule has 0 bridgehead atoms. The summed E-state index contributed by atoms with van der Waals surface area (Å²) in [7, 11) is 1.68. The first-order chi connectivity index (χ1) is 13.6. The number of thioether (sulfide) groups is 1. The second-order valence-electron chi connectivity index (χ2n) is 6.88. The second kappa shape index (κ2) is 6.53. The van der Waals surface area contributed by atoms with E-state index < -0.39 is 0 Å². The van der Waals surface area contributed by atoms with Crippen molar-refractivity contribution in [3.05, 3.63) is 65.6 Å². The normalized spacial score (nSPS) is 11.7. The molecule has 0 radical (unpaired) electrons. The van der Waals surface area contributed by atoms with Crippen molar-refractivity contribution >= 4 is 34.0 Å². The number of imidazole rings is 1. The third kappa shape index (κ3) is 2.79. The van der Waals surface area contributed by atoms with E-state index in [1.807, 2.05) is 18.2 Å². The minimum absolute atomic E-state index is 0.723. The van der Waals surface area contributed by atoms with Crippen LogP contribution in [0, 0.1) is 13.8 Å². The van der Waals surface area contributed by atoms with E-state index in [0.717, 1.165) is 44.6 Å². The van der Waals surface area contributed by atoms with Gasteiger partial charge in [0, 0.05) is 29.6 Å². The molecule has 0 aliphatic heterocycles. The van der Waals surface area contributed by atoms with Gasteiger partial charge in [0.25, 0.3) is 0 Å². The SMILES string of the molecule is COc1ccc2c(C)cc3nnc(SCc4cn5cc(C)ccc5n4)n3c2c1. The molecule has 0 aliphatic carbocycles. The lowest BCUT2D eigenvalue weighted by atomic mass is 10.1. The molecule has 0 aliphatic rings. The average Bonchev–Trinajstić information content (AvgIpc) is 3.29. The molecule has 0 spiro atoms. The summed E-state index contributed by atoms with van der Waals surface area (Å²) in [4.78, 5) is 4.70. The molecule has 0 saturated heterocycles. The Hall–Kier alpha value is -3.06. The molecule has 28 heavy (non-hydrogen) atoms. The number of fused-ring (bicyclic) bond motifs is 4. The topological polar surface area (TPSA) is 56.7 Å². The lowest BCUT2D eigenvalue weighted by molar-refractivity contribution is 0.415. The Kier molecular flexibility index (Phi) is 3.98. The summed E-state index contributed by atoms with van der Waals surface area (Å²) in [5, 5.41) is 10.8. The molecule has 4 aromatic heterocycles. The van der Waals surface area contributed by atoms with Gasteiger partial charge >= 0.3 is 0 Å². The maximum absolute atomic E-state index is 5.43. The highest BCUT2D eigenvalue weighted by atomic mass is 32.2. The average molecular weight is 389 g/mol. The summed E-state index contributed by atoms with van der Waals surface area (Å²) in [6.45, 7) is 4.17. The highest BCUT2D eigenvalue weighted by Crippen LogP contribution is 2.29. The van der Waals surface area contributed by atoms with Gasteiger partial charge in [0.05, 0.1) is 18.3 Å². The minimum atomic E-state index is 0.723. The van der Waals surface area contributed by atoms with Crippen LogP contribution in [0.25, 0.3) is 22.2 Å². The van der Waals surface area contributed by atoms with Crippen molar-refractivity contribution in [2.45, 2.75) is 24.8 Å². The van der Waals surface area contributed by atoms with Gasteiger partial charge < -0.3 is 9.14 Å². The third-order valence-electron chi connectivity index (χ3n) is 4.87. The van der Waals surface area contributed by atoms with E-state index in [0.29, 0.717) is 0 Å². The zero-order valence-electron chi connectivity index (χ0n) is 15.9. The first-order valence-electron chi connectivity index (χ1n) is 9.02. The van der Waals surface area contributed by atoms with Crippen LogP contribution in [0.15, 0.2) is 53.9 Å². The Bertz CT molecular complexity index is 1340. The number of benzene rings is 1. The molecule has 7 heteroatoms. The number of methoxy groups -OCH3 is 1. The summed E-state index contributed by atoms with van der Waals surface area (Å²) >= 11 is 1.64. The minimum Gasteiger partial charge on any atom is -0.497 e. The molecule has 5 rings (SSSR count). The number of aryl methyl sites for hydroxylation is 2. The highest BCUT2D eigenvalue weighted by Gasteiger charge is 2.13. The van der Waals surface area contributed by atoms with Gasteiger partial charge in [-0.15, -0.1) is 10.2 Å². The first-order valence-corrected chi connectivity index (χ1v) is 10.0. The predicted octanol–water partition coefficient (Wildman–Crippen LogP) is 4.45. The van der Waals surface area contributed by atoms with Gasteiger partial charge in [-0.3, -0.25) is 4.40 Å². The van der Waals surface area contributed by atoms with Gasteiger partial charge in [-0.1, -0.05) is 17.8 Å². The molecule has 0 amide bonds. The van der Waals surface area contributed by atoms with E-state index in [-0.39, 0.29) is 0 Å². The summed E-state index contributed by atoms with van der Waals surface area (Å²) in [5.41, 5.74) is 6.24. The zero-order valence-corrected chi connectivity index (χ0v) is 16.7. The molecule has 0 fully saturated rings. The number of hydrogen-bond acceptors (Lipinski definition) is 5. The van der Waals surface area contributed by atoms with Crippen LogP contribution in [0.4, 0.5) is 0 Å². The fraction of sp³-hybridized carbons (Fsp3) is 0.190. The van der Waals surface area contributed by atoms with Crippen LogP contribution in [0.3, 0.4) is 0 Å². The monoisotopic (exact) mass is 389 g/mol. The predicted molar refractivity (Wildman–Crippen MR) is 111 cm³/mol. The van der Waals surface area contributed by atoms with Crippen LogP contribution in [0.1, 0.15) is 16.8 Å². The van der Waals surface area contributed by atoms with Crippen LogP contribution in [0.5, 0.6) is 5.75 Å². The number of aromatic nitrogens is 5. The van der Waals surface area contributed by atoms with Crippen molar-refractivity contribution < 1.29 is 4.74 Å². The Morgan fingerprint density at radius 1 is 1.00 bits per heavy atom. The molecule has 0 N–H and O–H groups in total. The lowest BCUT2D eigenvalue weighted by Gasteiger charge is -2.09. The van der Waals surface area contributed by atoms with Gasteiger partial charge in [0.1, 0.15) is 11.4 Å². The van der Waals surface area contributed by atoms with Gasteiger partial charge in [0.15, 0.2) is 10.8 Å². The van der Waals surface area contributed by atoms with E-state index in [2.05, 4.69) is 63.4 Å². The van der Waals surface area contributed by atoms with Gasteiger partial charge in [-0.05, 0) is 49.2 Å². The van der Waals surface area contributed by atoms with E-state index in [1.165, 1.54) is 11.1 Å². The third-order valence-corrected chi connectivity index (χ3v) is 5.84. The number of pyridine rings is 2. The lowest BCUT2D eigenvalue weighted by Crippen LogP contribution is -1.94. The van der Waals surface area contributed by atoms with Crippen molar-refractivity contribution in [2.24, 2.45) is 0 Å². The molecule has 4 heterocycles. The number of ether oxygens (including phenoxy) is 1. The number of hydrogen-bond donors (Lipinski definition) is 0. The Morgan fingerprint density at radius 3 is 2.75 bits per heavy atom. The van der Waals surface area contributed by atoms with Crippen LogP contribution < -0.4 is 4.74 Å². The zero-order chi connectivity index (χ0) is 19.3. The quantitative estimate of drug-likeness (QED) is 0.425. The van der Waals surface area contributed by atoms with Gasteiger partial charge in [0.2, 0.25) is 0 Å². The van der Waals surface area contributed by atoms with Crippen LogP contribution in [-0.4, -0.2) is 31.1 Å². The largest absolute Gasteiger partial charge is 0.497 e. The molecule has 140 valence electrons. The first kappa shape index (κ1) is 17.1. The summed E-state index contributed by atoms with van der Waals surface area (Å²) in [6.07, 6.45) is 4.16. The maximum Gasteiger partial charge on any atom is 0.196 e.